The molecule has 0 aliphatic heterocycles. The van der Waals surface area contributed by atoms with E-state index in [-0.39, 0.29) is 5.56 Å². The highest BCUT2D eigenvalue weighted by Gasteiger charge is 2.23. The van der Waals surface area contributed by atoms with Crippen molar-refractivity contribution in [2.75, 3.05) is 0 Å². The quantitative estimate of drug-likeness (QED) is 0.421. The minimum atomic E-state index is -0.586. The van der Waals surface area contributed by atoms with Gasteiger partial charge >= 0.3 is 0 Å². The summed E-state index contributed by atoms with van der Waals surface area (Å²) >= 11 is 0. The lowest BCUT2D eigenvalue weighted by atomic mass is 9.95. The Morgan fingerprint density at radius 2 is 1.32 bits per heavy atom. The smallest absolute Gasteiger partial charge is 0.277 e. The Kier molecular flexibility index (Phi) is 5.71. The summed E-state index contributed by atoms with van der Waals surface area (Å²) in [5.41, 5.74) is 8.57. The topological polar surface area (TPSA) is 86.9 Å². The fourth-order valence-electron chi connectivity index (χ4n) is 3.26. The van der Waals surface area contributed by atoms with E-state index in [1.807, 2.05) is 91.0 Å². The van der Waals surface area contributed by atoms with Crippen LogP contribution >= 0.6 is 0 Å². The lowest BCUT2D eigenvalue weighted by Crippen LogP contribution is -2.39. The number of hydrogen-bond donors (Lipinski definition) is 3. The molecule has 152 valence electrons. The molecule has 0 atom stereocenters. The van der Waals surface area contributed by atoms with E-state index in [1.165, 1.54) is 0 Å². The van der Waals surface area contributed by atoms with Crippen molar-refractivity contribution in [1.29, 1.82) is 0 Å². The summed E-state index contributed by atoms with van der Waals surface area (Å²) in [5, 5.41) is 6.72. The van der Waals surface area contributed by atoms with Gasteiger partial charge in [0.25, 0.3) is 11.5 Å². The van der Waals surface area contributed by atoms with Gasteiger partial charge in [-0.2, -0.15) is 5.10 Å². The van der Waals surface area contributed by atoms with Crippen LogP contribution in [0.4, 0.5) is 0 Å². The van der Waals surface area contributed by atoms with E-state index < -0.39 is 11.5 Å². The van der Waals surface area contributed by atoms with Gasteiger partial charge < -0.3 is 0 Å². The number of benzene rings is 3. The lowest BCUT2D eigenvalue weighted by Gasteiger charge is -2.15. The molecular weight excluding hydrogens is 388 g/mol. The summed E-state index contributed by atoms with van der Waals surface area (Å²) in [4.78, 5) is 25.8. The van der Waals surface area contributed by atoms with E-state index in [1.54, 1.807) is 0 Å². The van der Waals surface area contributed by atoms with Crippen molar-refractivity contribution in [2.24, 2.45) is 0 Å². The molecule has 0 bridgehead atoms. The Morgan fingerprint density at radius 3 is 1.94 bits per heavy atom. The first-order valence-electron chi connectivity index (χ1n) is 9.69. The molecule has 0 spiro atoms. The Labute approximate surface area is 179 Å². The van der Waals surface area contributed by atoms with Gasteiger partial charge in [-0.25, -0.2) is 5.10 Å². The highest BCUT2D eigenvalue weighted by Crippen LogP contribution is 2.31. The van der Waals surface area contributed by atoms with E-state index in [2.05, 4.69) is 27.6 Å². The molecule has 31 heavy (non-hydrogen) atoms. The molecule has 1 amide bonds. The number of hydrogen-bond acceptors (Lipinski definition) is 4. The molecule has 3 N–H and O–H groups in total. The van der Waals surface area contributed by atoms with E-state index in [4.69, 9.17) is 0 Å². The number of amides is 1. The number of rotatable bonds is 6. The van der Waals surface area contributed by atoms with Gasteiger partial charge in [0.1, 0.15) is 5.56 Å². The third kappa shape index (κ3) is 4.28. The average molecular weight is 408 g/mol. The number of aromatic nitrogens is 2. The number of nitrogens with one attached hydrogen (secondary N) is 3. The Morgan fingerprint density at radius 1 is 0.774 bits per heavy atom. The van der Waals surface area contributed by atoms with Crippen LogP contribution in [0, 0.1) is 0 Å². The van der Waals surface area contributed by atoms with Crippen molar-refractivity contribution in [3.8, 4) is 22.4 Å². The highest BCUT2D eigenvalue weighted by molar-refractivity contribution is 6.03. The number of H-pyrrole nitrogens is 1. The minimum Gasteiger partial charge on any atom is -0.298 e. The summed E-state index contributed by atoms with van der Waals surface area (Å²) < 4.78 is 0. The molecule has 6 heteroatoms. The average Bonchev–Trinajstić information content (AvgIpc) is 2.83. The third-order valence-corrected chi connectivity index (χ3v) is 4.77. The molecule has 0 aliphatic rings. The van der Waals surface area contributed by atoms with Crippen molar-refractivity contribution < 1.29 is 4.79 Å². The van der Waals surface area contributed by atoms with Crippen molar-refractivity contribution in [2.45, 2.75) is 0 Å². The SMILES string of the molecule is C=C(NNC(=O)c1c(-c2ccccc2)c(-c2ccccc2)n[nH]c1=O)c1ccccc1. The van der Waals surface area contributed by atoms with Crippen LogP contribution in [0.3, 0.4) is 0 Å². The molecule has 6 nitrogen and oxygen atoms in total. The molecule has 0 fully saturated rings. The summed E-state index contributed by atoms with van der Waals surface area (Å²) in [6.45, 7) is 3.93. The molecular formula is C25H20N4O2. The van der Waals surface area contributed by atoms with E-state index >= 15 is 0 Å². The normalized spacial score (nSPS) is 10.3. The van der Waals surface area contributed by atoms with Gasteiger partial charge in [0.15, 0.2) is 0 Å². The van der Waals surface area contributed by atoms with Gasteiger partial charge in [-0.1, -0.05) is 97.6 Å². The minimum absolute atomic E-state index is 0.0339. The second kappa shape index (κ2) is 8.92. The van der Waals surface area contributed by atoms with Crippen LogP contribution in [-0.2, 0) is 0 Å². The fourth-order valence-corrected chi connectivity index (χ4v) is 3.26. The number of aromatic amines is 1. The van der Waals surface area contributed by atoms with Gasteiger partial charge in [-0.05, 0) is 11.1 Å². The van der Waals surface area contributed by atoms with Crippen molar-refractivity contribution in [3.63, 3.8) is 0 Å². The molecule has 1 aromatic heterocycles. The van der Waals surface area contributed by atoms with Crippen LogP contribution in [0.1, 0.15) is 15.9 Å². The number of nitrogens with zero attached hydrogens (tertiary/aromatic N) is 1. The summed E-state index contributed by atoms with van der Waals surface area (Å²) in [7, 11) is 0. The van der Waals surface area contributed by atoms with Gasteiger partial charge in [-0.15, -0.1) is 0 Å². The van der Waals surface area contributed by atoms with Crippen molar-refractivity contribution in [3.05, 3.63) is 119 Å². The second-order valence-electron chi connectivity index (χ2n) is 6.81. The molecule has 0 saturated heterocycles. The fraction of sp³-hybridized carbons (Fsp3) is 0. The van der Waals surface area contributed by atoms with Crippen LogP contribution < -0.4 is 16.4 Å². The Bertz CT molecular complexity index is 1270. The van der Waals surface area contributed by atoms with E-state index in [0.717, 1.165) is 11.1 Å². The van der Waals surface area contributed by atoms with Crippen LogP contribution in [0.5, 0.6) is 0 Å². The number of hydrazine groups is 1. The standard InChI is InChI=1S/C25H20N4O2/c1-17(18-11-5-2-6-12-18)26-28-24(30)22-21(19-13-7-3-8-14-19)23(27-29-25(22)31)20-15-9-4-10-16-20/h2-16,26H,1H2,(H,28,30)(H,29,31). The highest BCUT2D eigenvalue weighted by atomic mass is 16.2. The van der Waals surface area contributed by atoms with Gasteiger partial charge in [-0.3, -0.25) is 20.4 Å². The molecule has 0 saturated carbocycles. The maximum atomic E-state index is 13.1. The summed E-state index contributed by atoms with van der Waals surface area (Å²) in [5.74, 6) is -0.586. The largest absolute Gasteiger partial charge is 0.298 e. The number of carbonyl (C=O) groups excluding carboxylic acids is 1. The Hall–Kier alpha value is -4.45. The zero-order chi connectivity index (χ0) is 21.6. The van der Waals surface area contributed by atoms with Gasteiger partial charge in [0, 0.05) is 11.1 Å². The molecule has 4 aromatic rings. The maximum absolute atomic E-state index is 13.1. The van der Waals surface area contributed by atoms with Gasteiger partial charge in [0.2, 0.25) is 0 Å². The zero-order valence-electron chi connectivity index (χ0n) is 16.6. The van der Waals surface area contributed by atoms with Crippen LogP contribution in [0.2, 0.25) is 0 Å². The maximum Gasteiger partial charge on any atom is 0.277 e. The monoisotopic (exact) mass is 408 g/mol. The molecule has 3 aromatic carbocycles. The molecule has 4 rings (SSSR count). The molecule has 0 radical (unpaired) electrons. The van der Waals surface area contributed by atoms with Gasteiger partial charge in [0.05, 0.1) is 11.4 Å². The van der Waals surface area contributed by atoms with Crippen LogP contribution in [0.25, 0.3) is 28.1 Å². The predicted molar refractivity (Wildman–Crippen MR) is 122 cm³/mol. The van der Waals surface area contributed by atoms with Crippen molar-refractivity contribution >= 4 is 11.6 Å². The van der Waals surface area contributed by atoms with Crippen LogP contribution in [0.15, 0.2) is 102 Å². The predicted octanol–water partition coefficient (Wildman–Crippen LogP) is 4.01. The second-order valence-corrected chi connectivity index (χ2v) is 6.81. The first-order valence-corrected chi connectivity index (χ1v) is 9.69. The van der Waals surface area contributed by atoms with Crippen molar-refractivity contribution in [1.82, 2.24) is 21.0 Å². The number of carbonyl (C=O) groups is 1. The van der Waals surface area contributed by atoms with E-state index in [0.29, 0.717) is 22.5 Å². The first kappa shape index (κ1) is 19.8. The Balaban J connectivity index is 1.75. The van der Waals surface area contributed by atoms with E-state index in [9.17, 15) is 9.59 Å². The van der Waals surface area contributed by atoms with Crippen LogP contribution in [-0.4, -0.2) is 16.1 Å². The zero-order valence-corrected chi connectivity index (χ0v) is 16.6. The summed E-state index contributed by atoms with van der Waals surface area (Å²) in [6.07, 6.45) is 0. The lowest BCUT2D eigenvalue weighted by molar-refractivity contribution is 0.0941. The summed E-state index contributed by atoms with van der Waals surface area (Å²) in [6, 6.07) is 28.0. The molecule has 0 aliphatic carbocycles. The molecule has 1 heterocycles. The molecule has 0 unspecified atom stereocenters. The first-order chi connectivity index (χ1) is 15.1. The third-order valence-electron chi connectivity index (χ3n) is 4.77.